The van der Waals surface area contributed by atoms with Crippen LogP contribution in [0.5, 0.6) is 5.75 Å². The summed E-state index contributed by atoms with van der Waals surface area (Å²) in [6.07, 6.45) is 0. The number of benzene rings is 1. The van der Waals surface area contributed by atoms with Crippen LogP contribution in [0.15, 0.2) is 18.2 Å². The van der Waals surface area contributed by atoms with Crippen LogP contribution in [0.1, 0.15) is 12.5 Å². The van der Waals surface area contributed by atoms with E-state index in [9.17, 15) is 8.42 Å². The molecule has 0 saturated carbocycles. The standard InChI is InChI=1S/C12H15ClN2O3S/c1-3-15(8-7-14)19(16,17)9-10-11(13)5-4-6-12(10)18-2/h4-6H,3,8-9H2,1-2H3. The fourth-order valence-electron chi connectivity index (χ4n) is 1.63. The summed E-state index contributed by atoms with van der Waals surface area (Å²) in [5, 5.41) is 8.98. The molecule has 0 aliphatic carbocycles. The molecule has 0 aliphatic rings. The average Bonchev–Trinajstić information content (AvgIpc) is 2.37. The van der Waals surface area contributed by atoms with Crippen molar-refractivity contribution in [3.63, 3.8) is 0 Å². The lowest BCUT2D eigenvalue weighted by Gasteiger charge is -2.18. The lowest BCUT2D eigenvalue weighted by molar-refractivity contribution is 0.409. The van der Waals surface area contributed by atoms with Crippen LogP contribution >= 0.6 is 11.6 Å². The number of ether oxygens (including phenoxy) is 1. The highest BCUT2D eigenvalue weighted by Gasteiger charge is 2.23. The predicted molar refractivity (Wildman–Crippen MR) is 73.5 cm³/mol. The minimum absolute atomic E-state index is 0.175. The monoisotopic (exact) mass is 302 g/mol. The third-order valence-corrected chi connectivity index (χ3v) is 4.80. The second-order valence-corrected chi connectivity index (χ2v) is 6.14. The van der Waals surface area contributed by atoms with E-state index in [2.05, 4.69) is 0 Å². The van der Waals surface area contributed by atoms with E-state index >= 15 is 0 Å². The van der Waals surface area contributed by atoms with E-state index in [-0.39, 0.29) is 18.8 Å². The number of nitriles is 1. The largest absolute Gasteiger partial charge is 0.496 e. The van der Waals surface area contributed by atoms with Gasteiger partial charge in [-0.1, -0.05) is 24.6 Å². The van der Waals surface area contributed by atoms with Crippen LogP contribution in [0, 0.1) is 11.3 Å². The van der Waals surface area contributed by atoms with Gasteiger partial charge in [0.15, 0.2) is 0 Å². The minimum atomic E-state index is -3.60. The lowest BCUT2D eigenvalue weighted by atomic mass is 10.2. The maximum Gasteiger partial charge on any atom is 0.219 e. The first-order chi connectivity index (χ1) is 8.96. The molecular formula is C12H15ClN2O3S. The van der Waals surface area contributed by atoms with E-state index in [1.807, 2.05) is 6.07 Å². The molecule has 0 spiro atoms. The van der Waals surface area contributed by atoms with Gasteiger partial charge < -0.3 is 4.74 Å². The molecule has 1 aromatic rings. The zero-order valence-corrected chi connectivity index (χ0v) is 12.3. The normalized spacial score (nSPS) is 11.3. The number of sulfonamides is 1. The van der Waals surface area contributed by atoms with Gasteiger partial charge in [0.1, 0.15) is 12.3 Å². The molecule has 0 N–H and O–H groups in total. The summed E-state index contributed by atoms with van der Waals surface area (Å²) in [7, 11) is -2.14. The second-order valence-electron chi connectivity index (χ2n) is 3.76. The van der Waals surface area contributed by atoms with Crippen molar-refractivity contribution in [3.8, 4) is 11.8 Å². The molecule has 7 heteroatoms. The van der Waals surface area contributed by atoms with E-state index in [1.54, 1.807) is 25.1 Å². The first kappa shape index (κ1) is 15.8. The molecule has 0 unspecified atom stereocenters. The van der Waals surface area contributed by atoms with Crippen molar-refractivity contribution in [3.05, 3.63) is 28.8 Å². The van der Waals surface area contributed by atoms with Gasteiger partial charge in [-0.2, -0.15) is 9.57 Å². The smallest absolute Gasteiger partial charge is 0.219 e. The van der Waals surface area contributed by atoms with Gasteiger partial charge in [-0.3, -0.25) is 0 Å². The SMILES string of the molecule is CCN(CC#N)S(=O)(=O)Cc1c(Cl)cccc1OC. The molecule has 0 heterocycles. The first-order valence-corrected chi connectivity index (χ1v) is 7.61. The Morgan fingerprint density at radius 3 is 2.68 bits per heavy atom. The third-order valence-electron chi connectivity index (χ3n) is 2.62. The zero-order chi connectivity index (χ0) is 14.5. The van der Waals surface area contributed by atoms with Crippen molar-refractivity contribution in [2.75, 3.05) is 20.2 Å². The van der Waals surface area contributed by atoms with Crippen molar-refractivity contribution in [1.82, 2.24) is 4.31 Å². The minimum Gasteiger partial charge on any atom is -0.496 e. The summed E-state index contributed by atoms with van der Waals surface area (Å²) in [4.78, 5) is 0. The van der Waals surface area contributed by atoms with Gasteiger partial charge in [-0.25, -0.2) is 8.42 Å². The summed E-state index contributed by atoms with van der Waals surface area (Å²) < 4.78 is 30.6. The summed E-state index contributed by atoms with van der Waals surface area (Å²) >= 11 is 6.01. The molecule has 0 saturated heterocycles. The van der Waals surface area contributed by atoms with E-state index < -0.39 is 10.0 Å². The van der Waals surface area contributed by atoms with Crippen LogP contribution in [0.3, 0.4) is 0 Å². The van der Waals surface area contributed by atoms with Gasteiger partial charge in [0.25, 0.3) is 0 Å². The van der Waals surface area contributed by atoms with Gasteiger partial charge in [-0.05, 0) is 12.1 Å². The van der Waals surface area contributed by atoms with Gasteiger partial charge >= 0.3 is 0 Å². The van der Waals surface area contributed by atoms with E-state index in [0.29, 0.717) is 16.3 Å². The summed E-state index contributed by atoms with van der Waals surface area (Å²) in [5.41, 5.74) is 0.406. The fourth-order valence-corrected chi connectivity index (χ4v) is 3.43. The average molecular weight is 303 g/mol. The van der Waals surface area contributed by atoms with Gasteiger partial charge in [-0.15, -0.1) is 0 Å². The Balaban J connectivity index is 3.12. The highest BCUT2D eigenvalue weighted by atomic mass is 35.5. The van der Waals surface area contributed by atoms with E-state index in [0.717, 1.165) is 4.31 Å². The number of rotatable bonds is 6. The van der Waals surface area contributed by atoms with Crippen molar-refractivity contribution < 1.29 is 13.2 Å². The summed E-state index contributed by atoms with van der Waals surface area (Å²) in [6, 6.07) is 6.78. The molecular weight excluding hydrogens is 288 g/mol. The molecule has 19 heavy (non-hydrogen) atoms. The second kappa shape index (κ2) is 6.75. The molecule has 0 bridgehead atoms. The molecule has 0 aromatic heterocycles. The maximum atomic E-state index is 12.2. The molecule has 1 aromatic carbocycles. The number of hydrogen-bond donors (Lipinski definition) is 0. The molecule has 0 aliphatic heterocycles. The zero-order valence-electron chi connectivity index (χ0n) is 10.8. The van der Waals surface area contributed by atoms with Crippen LogP contribution in [-0.4, -0.2) is 32.9 Å². The highest BCUT2D eigenvalue weighted by molar-refractivity contribution is 7.88. The predicted octanol–water partition coefficient (Wildman–Crippen LogP) is 2.02. The topological polar surface area (TPSA) is 70.4 Å². The van der Waals surface area contributed by atoms with E-state index in [4.69, 9.17) is 21.6 Å². The van der Waals surface area contributed by atoms with Gasteiger partial charge in [0.2, 0.25) is 10.0 Å². The Bertz CT molecular complexity index is 581. The summed E-state index contributed by atoms with van der Waals surface area (Å²) in [6.45, 7) is 1.74. The van der Waals surface area contributed by atoms with Crippen LogP contribution < -0.4 is 4.74 Å². The molecule has 1 rings (SSSR count). The fraction of sp³-hybridized carbons (Fsp3) is 0.417. The quantitative estimate of drug-likeness (QED) is 0.754. The van der Waals surface area contributed by atoms with Crippen LogP contribution in [0.2, 0.25) is 5.02 Å². The Labute approximate surface area is 118 Å². The Morgan fingerprint density at radius 2 is 2.16 bits per heavy atom. The van der Waals surface area contributed by atoms with Gasteiger partial charge in [0.05, 0.1) is 18.9 Å². The molecule has 0 atom stereocenters. The van der Waals surface area contributed by atoms with Crippen molar-refractivity contribution in [1.29, 1.82) is 5.26 Å². The van der Waals surface area contributed by atoms with Crippen LogP contribution in [0.4, 0.5) is 0 Å². The van der Waals surface area contributed by atoms with Gasteiger partial charge in [0, 0.05) is 17.1 Å². The van der Waals surface area contributed by atoms with Crippen molar-refractivity contribution in [2.24, 2.45) is 0 Å². The Morgan fingerprint density at radius 1 is 1.47 bits per heavy atom. The Hall–Kier alpha value is -1.29. The summed E-state index contributed by atoms with van der Waals surface area (Å²) in [5.74, 6) is 0.134. The van der Waals surface area contributed by atoms with Crippen LogP contribution in [0.25, 0.3) is 0 Å². The van der Waals surface area contributed by atoms with E-state index in [1.165, 1.54) is 7.11 Å². The molecule has 104 valence electrons. The van der Waals surface area contributed by atoms with Crippen molar-refractivity contribution in [2.45, 2.75) is 12.7 Å². The lowest BCUT2D eigenvalue weighted by Crippen LogP contribution is -2.32. The molecule has 0 fully saturated rings. The molecule has 0 radical (unpaired) electrons. The molecule has 5 nitrogen and oxygen atoms in total. The first-order valence-electron chi connectivity index (χ1n) is 5.62. The number of methoxy groups -OCH3 is 1. The Kier molecular flexibility index (Phi) is 5.60. The highest BCUT2D eigenvalue weighted by Crippen LogP contribution is 2.28. The number of halogens is 1. The van der Waals surface area contributed by atoms with Crippen LogP contribution in [-0.2, 0) is 15.8 Å². The van der Waals surface area contributed by atoms with Crippen molar-refractivity contribution >= 4 is 21.6 Å². The number of nitrogens with zero attached hydrogens (tertiary/aromatic N) is 2. The molecule has 0 amide bonds. The third kappa shape index (κ3) is 3.83. The number of hydrogen-bond acceptors (Lipinski definition) is 4. The maximum absolute atomic E-state index is 12.2.